The monoisotopic (exact) mass is 226 g/mol. The molecule has 1 aromatic rings. The fraction of sp³-hybridized carbons (Fsp3) is 0.462. The molecule has 88 valence electrons. The van der Waals surface area contributed by atoms with E-state index in [0.29, 0.717) is 12.3 Å². The maximum atomic E-state index is 13.2. The lowest BCUT2D eigenvalue weighted by Gasteiger charge is -2.05. The predicted molar refractivity (Wildman–Crippen MR) is 59.1 cm³/mol. The van der Waals surface area contributed by atoms with Crippen molar-refractivity contribution in [3.8, 4) is 0 Å². The number of halogens is 2. The molecule has 0 spiro atoms. The quantitative estimate of drug-likeness (QED) is 0.750. The Bertz CT molecular complexity index is 372. The van der Waals surface area contributed by atoms with Crippen LogP contribution in [0.3, 0.4) is 0 Å². The lowest BCUT2D eigenvalue weighted by molar-refractivity contribution is -0.118. The van der Waals surface area contributed by atoms with Gasteiger partial charge in [0.1, 0.15) is 5.78 Å². The Balaban J connectivity index is 2.59. The van der Waals surface area contributed by atoms with Crippen molar-refractivity contribution in [2.24, 2.45) is 5.92 Å². The van der Waals surface area contributed by atoms with E-state index in [2.05, 4.69) is 0 Å². The van der Waals surface area contributed by atoms with Crippen molar-refractivity contribution in [1.29, 1.82) is 0 Å². The minimum atomic E-state index is -0.902. The molecule has 0 aromatic heterocycles. The van der Waals surface area contributed by atoms with Crippen LogP contribution in [0, 0.1) is 17.6 Å². The fourth-order valence-electron chi connectivity index (χ4n) is 1.44. The summed E-state index contributed by atoms with van der Waals surface area (Å²) in [5.41, 5.74) is 0.147. The van der Waals surface area contributed by atoms with Gasteiger partial charge in [-0.3, -0.25) is 4.79 Å². The Morgan fingerprint density at radius 2 is 2.00 bits per heavy atom. The molecule has 3 heteroatoms. The van der Waals surface area contributed by atoms with E-state index in [0.717, 1.165) is 12.5 Å². The topological polar surface area (TPSA) is 17.1 Å². The Morgan fingerprint density at radius 3 is 2.62 bits per heavy atom. The summed E-state index contributed by atoms with van der Waals surface area (Å²) in [5, 5.41) is 0. The van der Waals surface area contributed by atoms with Crippen LogP contribution in [0.25, 0.3) is 0 Å². The molecule has 1 rings (SSSR count). The molecule has 0 aliphatic rings. The highest BCUT2D eigenvalue weighted by Crippen LogP contribution is 2.14. The van der Waals surface area contributed by atoms with E-state index in [4.69, 9.17) is 0 Å². The van der Waals surface area contributed by atoms with Crippen molar-refractivity contribution in [2.45, 2.75) is 33.1 Å². The lowest BCUT2D eigenvalue weighted by Crippen LogP contribution is -2.06. The van der Waals surface area contributed by atoms with E-state index in [-0.39, 0.29) is 17.8 Å². The standard InChI is InChI=1S/C13H16F2O/c1-9(2)6-7-11(16)8-10-4-3-5-12(14)13(10)15/h3-5,9H,6-8H2,1-2H3. The van der Waals surface area contributed by atoms with E-state index >= 15 is 0 Å². The van der Waals surface area contributed by atoms with Crippen LogP contribution in [0.4, 0.5) is 8.78 Å². The lowest BCUT2D eigenvalue weighted by atomic mass is 10.0. The van der Waals surface area contributed by atoms with E-state index in [9.17, 15) is 13.6 Å². The Labute approximate surface area is 94.5 Å². The van der Waals surface area contributed by atoms with Gasteiger partial charge in [-0.15, -0.1) is 0 Å². The average Bonchev–Trinajstić information content (AvgIpc) is 2.22. The fourth-order valence-corrected chi connectivity index (χ4v) is 1.44. The highest BCUT2D eigenvalue weighted by molar-refractivity contribution is 5.80. The van der Waals surface area contributed by atoms with Crippen LogP contribution in [-0.4, -0.2) is 5.78 Å². The summed E-state index contributed by atoms with van der Waals surface area (Å²) in [6, 6.07) is 3.92. The van der Waals surface area contributed by atoms with Crippen LogP contribution in [-0.2, 0) is 11.2 Å². The molecule has 0 heterocycles. The molecule has 0 atom stereocenters. The zero-order valence-corrected chi connectivity index (χ0v) is 9.59. The normalized spacial score (nSPS) is 10.8. The van der Waals surface area contributed by atoms with Crippen molar-refractivity contribution >= 4 is 5.78 Å². The second kappa shape index (κ2) is 5.73. The number of carbonyl (C=O) groups excluding carboxylic acids is 1. The van der Waals surface area contributed by atoms with Gasteiger partial charge in [-0.05, 0) is 24.0 Å². The molecular weight excluding hydrogens is 210 g/mol. The summed E-state index contributed by atoms with van der Waals surface area (Å²) in [6.07, 6.45) is 1.19. The first-order chi connectivity index (χ1) is 7.50. The first-order valence-corrected chi connectivity index (χ1v) is 5.45. The van der Waals surface area contributed by atoms with Crippen LogP contribution in [0.5, 0.6) is 0 Å². The molecule has 0 saturated carbocycles. The minimum Gasteiger partial charge on any atom is -0.299 e. The van der Waals surface area contributed by atoms with Crippen molar-refractivity contribution in [2.75, 3.05) is 0 Å². The number of carbonyl (C=O) groups is 1. The van der Waals surface area contributed by atoms with Crippen LogP contribution in [0.1, 0.15) is 32.3 Å². The van der Waals surface area contributed by atoms with Crippen molar-refractivity contribution in [3.05, 3.63) is 35.4 Å². The largest absolute Gasteiger partial charge is 0.299 e. The SMILES string of the molecule is CC(C)CCC(=O)Cc1cccc(F)c1F. The maximum absolute atomic E-state index is 13.2. The number of Topliss-reactive ketones (excluding diaryl/α,β-unsaturated/α-hetero) is 1. The predicted octanol–water partition coefficient (Wildman–Crippen LogP) is 3.51. The molecule has 0 fully saturated rings. The zero-order valence-electron chi connectivity index (χ0n) is 9.59. The Morgan fingerprint density at radius 1 is 1.31 bits per heavy atom. The summed E-state index contributed by atoms with van der Waals surface area (Å²) >= 11 is 0. The number of benzene rings is 1. The first kappa shape index (κ1) is 12.8. The van der Waals surface area contributed by atoms with Crippen molar-refractivity contribution in [1.82, 2.24) is 0 Å². The van der Waals surface area contributed by atoms with Crippen LogP contribution in [0.2, 0.25) is 0 Å². The van der Waals surface area contributed by atoms with Crippen LogP contribution in [0.15, 0.2) is 18.2 Å². The van der Waals surface area contributed by atoms with Gasteiger partial charge in [-0.1, -0.05) is 26.0 Å². The average molecular weight is 226 g/mol. The Kier molecular flexibility index (Phi) is 4.59. The third-order valence-electron chi connectivity index (χ3n) is 2.42. The van der Waals surface area contributed by atoms with E-state index < -0.39 is 11.6 Å². The summed E-state index contributed by atoms with van der Waals surface area (Å²) in [6.45, 7) is 4.05. The summed E-state index contributed by atoms with van der Waals surface area (Å²) in [4.78, 5) is 11.5. The molecule has 0 N–H and O–H groups in total. The third-order valence-corrected chi connectivity index (χ3v) is 2.42. The van der Waals surface area contributed by atoms with Gasteiger partial charge in [0.25, 0.3) is 0 Å². The second-order valence-corrected chi connectivity index (χ2v) is 4.36. The maximum Gasteiger partial charge on any atom is 0.162 e. The first-order valence-electron chi connectivity index (χ1n) is 5.45. The highest BCUT2D eigenvalue weighted by Gasteiger charge is 2.11. The molecule has 1 nitrogen and oxygen atoms in total. The molecule has 0 bridgehead atoms. The van der Waals surface area contributed by atoms with E-state index in [1.165, 1.54) is 12.1 Å². The molecular formula is C13H16F2O. The van der Waals surface area contributed by atoms with Gasteiger partial charge in [0.2, 0.25) is 0 Å². The van der Waals surface area contributed by atoms with Gasteiger partial charge in [-0.2, -0.15) is 0 Å². The third kappa shape index (κ3) is 3.72. The van der Waals surface area contributed by atoms with Crippen LogP contribution >= 0.6 is 0 Å². The van der Waals surface area contributed by atoms with Gasteiger partial charge >= 0.3 is 0 Å². The zero-order chi connectivity index (χ0) is 12.1. The molecule has 1 aromatic carbocycles. The van der Waals surface area contributed by atoms with Gasteiger partial charge in [0.05, 0.1) is 0 Å². The highest BCUT2D eigenvalue weighted by atomic mass is 19.2. The van der Waals surface area contributed by atoms with Crippen LogP contribution < -0.4 is 0 Å². The molecule has 0 unspecified atom stereocenters. The van der Waals surface area contributed by atoms with Gasteiger partial charge in [0, 0.05) is 12.8 Å². The summed E-state index contributed by atoms with van der Waals surface area (Å²) < 4.78 is 26.1. The summed E-state index contributed by atoms with van der Waals surface area (Å²) in [5.74, 6) is -1.39. The molecule has 0 aliphatic carbocycles. The van der Waals surface area contributed by atoms with Gasteiger partial charge in [0.15, 0.2) is 11.6 Å². The molecule has 0 aliphatic heterocycles. The number of rotatable bonds is 5. The Hall–Kier alpha value is -1.25. The molecule has 0 amide bonds. The molecule has 0 radical (unpaired) electrons. The summed E-state index contributed by atoms with van der Waals surface area (Å²) in [7, 11) is 0. The van der Waals surface area contributed by atoms with Gasteiger partial charge < -0.3 is 0 Å². The number of hydrogen-bond acceptors (Lipinski definition) is 1. The smallest absolute Gasteiger partial charge is 0.162 e. The van der Waals surface area contributed by atoms with E-state index in [1.54, 1.807) is 0 Å². The second-order valence-electron chi connectivity index (χ2n) is 4.36. The molecule has 16 heavy (non-hydrogen) atoms. The number of hydrogen-bond donors (Lipinski definition) is 0. The van der Waals surface area contributed by atoms with Gasteiger partial charge in [-0.25, -0.2) is 8.78 Å². The minimum absolute atomic E-state index is 0.0175. The van der Waals surface area contributed by atoms with Crippen molar-refractivity contribution in [3.63, 3.8) is 0 Å². The van der Waals surface area contributed by atoms with Crippen molar-refractivity contribution < 1.29 is 13.6 Å². The van der Waals surface area contributed by atoms with E-state index in [1.807, 2.05) is 13.8 Å². The molecule has 0 saturated heterocycles. The number of ketones is 1.